The van der Waals surface area contributed by atoms with Crippen LogP contribution < -0.4 is 9.47 Å². The van der Waals surface area contributed by atoms with E-state index in [0.717, 1.165) is 24.3 Å². The lowest BCUT2D eigenvalue weighted by atomic mass is 9.96. The Hall–Kier alpha value is -3.66. The highest BCUT2D eigenvalue weighted by Gasteiger charge is 2.33. The van der Waals surface area contributed by atoms with Crippen LogP contribution in [0.5, 0.6) is 11.5 Å². The highest BCUT2D eigenvalue weighted by molar-refractivity contribution is 5.72. The Balaban J connectivity index is 1.73. The highest BCUT2D eigenvalue weighted by Crippen LogP contribution is 2.40. The van der Waals surface area contributed by atoms with Crippen LogP contribution in [0.2, 0.25) is 0 Å². The number of halogens is 6. The van der Waals surface area contributed by atoms with Crippen LogP contribution in [0.15, 0.2) is 72.3 Å². The summed E-state index contributed by atoms with van der Waals surface area (Å²) in [5.74, 6) is 0.703. The molecule has 0 aromatic heterocycles. The Bertz CT molecular complexity index is 1280. The second-order valence-corrected chi connectivity index (χ2v) is 8.05. The molecule has 1 N–H and O–H groups in total. The van der Waals surface area contributed by atoms with Crippen molar-refractivity contribution in [3.63, 3.8) is 0 Å². The molecule has 10 heteroatoms. The molecule has 0 saturated carbocycles. The lowest BCUT2D eigenvalue weighted by Gasteiger charge is -2.28. The van der Waals surface area contributed by atoms with Crippen LogP contribution in [0.3, 0.4) is 0 Å². The van der Waals surface area contributed by atoms with Crippen LogP contribution >= 0.6 is 0 Å². The molecular formula is C26H20F6O4. The van der Waals surface area contributed by atoms with Gasteiger partial charge >= 0.3 is 12.4 Å². The van der Waals surface area contributed by atoms with Gasteiger partial charge < -0.3 is 19.3 Å². The molecule has 190 valence electrons. The van der Waals surface area contributed by atoms with Gasteiger partial charge in [0.05, 0.1) is 23.8 Å². The molecule has 0 spiro atoms. The Morgan fingerprint density at radius 1 is 0.833 bits per heavy atom. The summed E-state index contributed by atoms with van der Waals surface area (Å²) in [7, 11) is 1.43. The maximum atomic E-state index is 13.2. The van der Waals surface area contributed by atoms with Crippen LogP contribution in [0.25, 0.3) is 5.76 Å². The van der Waals surface area contributed by atoms with Crippen LogP contribution in [-0.4, -0.2) is 18.5 Å². The molecule has 4 nitrogen and oxygen atoms in total. The monoisotopic (exact) mass is 510 g/mol. The average Bonchev–Trinajstić information content (AvgIpc) is 2.83. The molecular weight excluding hydrogens is 490 g/mol. The van der Waals surface area contributed by atoms with Gasteiger partial charge in [0.1, 0.15) is 23.9 Å². The Morgan fingerprint density at radius 2 is 1.44 bits per heavy atom. The fraction of sp³-hybridized carbons (Fsp3) is 0.231. The van der Waals surface area contributed by atoms with Gasteiger partial charge in [0.25, 0.3) is 0 Å². The van der Waals surface area contributed by atoms with Crippen LogP contribution in [0.4, 0.5) is 26.3 Å². The van der Waals surface area contributed by atoms with Gasteiger partial charge in [0, 0.05) is 18.1 Å². The average molecular weight is 510 g/mol. The first kappa shape index (κ1) is 25.4. The summed E-state index contributed by atoms with van der Waals surface area (Å²) in [4.78, 5) is 0. The minimum Gasteiger partial charge on any atom is -0.497 e. The van der Waals surface area contributed by atoms with Crippen molar-refractivity contribution in [1.29, 1.82) is 0 Å². The van der Waals surface area contributed by atoms with E-state index in [2.05, 4.69) is 0 Å². The second-order valence-electron chi connectivity index (χ2n) is 8.05. The van der Waals surface area contributed by atoms with E-state index in [1.165, 1.54) is 37.4 Å². The van der Waals surface area contributed by atoms with E-state index in [1.807, 2.05) is 0 Å². The van der Waals surface area contributed by atoms with Crippen molar-refractivity contribution in [3.8, 4) is 11.5 Å². The van der Waals surface area contributed by atoms with Gasteiger partial charge in [-0.3, -0.25) is 0 Å². The number of methoxy groups -OCH3 is 1. The third-order valence-electron chi connectivity index (χ3n) is 5.55. The number of ether oxygens (including phenoxy) is 3. The van der Waals surface area contributed by atoms with Gasteiger partial charge in [-0.05, 0) is 41.5 Å². The van der Waals surface area contributed by atoms with Crippen LogP contribution in [0, 0.1) is 0 Å². The molecule has 1 aliphatic heterocycles. The summed E-state index contributed by atoms with van der Waals surface area (Å²) in [6.07, 6.45) is -10.8. The van der Waals surface area contributed by atoms with Crippen molar-refractivity contribution in [3.05, 3.63) is 100 Å². The van der Waals surface area contributed by atoms with E-state index in [1.54, 1.807) is 12.1 Å². The lowest BCUT2D eigenvalue weighted by Crippen LogP contribution is -2.26. The number of benzene rings is 3. The number of aliphatic hydroxyl groups excluding tert-OH is 1. The van der Waals surface area contributed by atoms with Crippen LogP contribution in [0.1, 0.15) is 27.8 Å². The molecule has 0 radical (unpaired) electrons. The maximum Gasteiger partial charge on any atom is 0.416 e. The van der Waals surface area contributed by atoms with E-state index in [9.17, 15) is 31.4 Å². The largest absolute Gasteiger partial charge is 0.497 e. The van der Waals surface area contributed by atoms with Crippen molar-refractivity contribution in [1.82, 2.24) is 0 Å². The zero-order chi connectivity index (χ0) is 26.1. The molecule has 0 aliphatic carbocycles. The van der Waals surface area contributed by atoms with E-state index in [0.29, 0.717) is 11.3 Å². The molecule has 0 amide bonds. The summed E-state index contributed by atoms with van der Waals surface area (Å²) >= 11 is 0. The fourth-order valence-corrected chi connectivity index (χ4v) is 3.80. The summed E-state index contributed by atoms with van der Waals surface area (Å²) in [6.45, 7) is -0.288. The quantitative estimate of drug-likeness (QED) is 0.379. The van der Waals surface area contributed by atoms with Crippen LogP contribution in [-0.2, 0) is 30.1 Å². The van der Waals surface area contributed by atoms with E-state index in [4.69, 9.17) is 14.2 Å². The molecule has 0 saturated heterocycles. The smallest absolute Gasteiger partial charge is 0.416 e. The topological polar surface area (TPSA) is 47.9 Å². The van der Waals surface area contributed by atoms with Crippen molar-refractivity contribution < 1.29 is 45.7 Å². The maximum absolute atomic E-state index is 13.2. The first-order valence-corrected chi connectivity index (χ1v) is 10.7. The van der Waals surface area contributed by atoms with Gasteiger partial charge in [-0.1, -0.05) is 30.3 Å². The van der Waals surface area contributed by atoms with E-state index in [-0.39, 0.29) is 41.2 Å². The number of aliphatic hydroxyl groups is 1. The first-order chi connectivity index (χ1) is 17.0. The second kappa shape index (κ2) is 9.77. The summed E-state index contributed by atoms with van der Waals surface area (Å²) in [5.41, 5.74) is -0.761. The fourth-order valence-electron chi connectivity index (χ4n) is 3.80. The standard InChI is InChI=1S/C26H20F6O4/c1-34-19-8-9-20-22(13-19)36-24(33)21(12-15-4-2-6-17(10-15)25(27,28)29)23(20)35-14-16-5-3-7-18(11-16)26(30,31)32/h2-11,13,24,33H,12,14H2,1H3. The molecule has 0 fully saturated rings. The van der Waals surface area contributed by atoms with E-state index < -0.39 is 29.8 Å². The Morgan fingerprint density at radius 3 is 2.06 bits per heavy atom. The molecule has 1 aliphatic rings. The Kier molecular flexibility index (Phi) is 6.90. The number of rotatable bonds is 6. The minimum atomic E-state index is -4.56. The molecule has 36 heavy (non-hydrogen) atoms. The van der Waals surface area contributed by atoms with Crippen molar-refractivity contribution in [2.75, 3.05) is 7.11 Å². The predicted molar refractivity (Wildman–Crippen MR) is 118 cm³/mol. The zero-order valence-electron chi connectivity index (χ0n) is 18.8. The van der Waals surface area contributed by atoms with Gasteiger partial charge in [-0.2, -0.15) is 26.3 Å². The molecule has 1 atom stereocenters. The van der Waals surface area contributed by atoms with Gasteiger partial charge in [0.15, 0.2) is 0 Å². The summed E-state index contributed by atoms with van der Waals surface area (Å²) in [5, 5.41) is 10.7. The normalized spacial score (nSPS) is 15.8. The highest BCUT2D eigenvalue weighted by atomic mass is 19.4. The van der Waals surface area contributed by atoms with Gasteiger partial charge in [-0.25, -0.2) is 0 Å². The molecule has 3 aromatic carbocycles. The molecule has 1 heterocycles. The van der Waals surface area contributed by atoms with Crippen molar-refractivity contribution in [2.45, 2.75) is 31.7 Å². The van der Waals surface area contributed by atoms with Gasteiger partial charge in [-0.15, -0.1) is 0 Å². The molecule has 0 bridgehead atoms. The lowest BCUT2D eigenvalue weighted by molar-refractivity contribution is -0.138. The van der Waals surface area contributed by atoms with E-state index >= 15 is 0 Å². The zero-order valence-corrected chi connectivity index (χ0v) is 18.8. The molecule has 3 aromatic rings. The van der Waals surface area contributed by atoms with Crippen molar-refractivity contribution >= 4 is 5.76 Å². The predicted octanol–water partition coefficient (Wildman–Crippen LogP) is 6.61. The third-order valence-corrected chi connectivity index (χ3v) is 5.55. The number of fused-ring (bicyclic) bond motifs is 1. The number of hydrogen-bond acceptors (Lipinski definition) is 4. The first-order valence-electron chi connectivity index (χ1n) is 10.7. The molecule has 4 rings (SSSR count). The summed E-state index contributed by atoms with van der Waals surface area (Å²) in [6, 6.07) is 13.8. The third kappa shape index (κ3) is 5.59. The SMILES string of the molecule is COc1ccc2c(c1)OC(O)C(Cc1cccc(C(F)(F)F)c1)=C2OCc1cccc(C(F)(F)F)c1. The Labute approximate surface area is 202 Å². The summed E-state index contributed by atoms with van der Waals surface area (Å²) < 4.78 is 95.5. The number of hydrogen-bond donors (Lipinski definition) is 1. The number of alkyl halides is 6. The van der Waals surface area contributed by atoms with Gasteiger partial charge in [0.2, 0.25) is 6.29 Å². The molecule has 1 unspecified atom stereocenters. The van der Waals surface area contributed by atoms with Crippen molar-refractivity contribution in [2.24, 2.45) is 0 Å². The minimum absolute atomic E-state index is 0.0984.